The van der Waals surface area contributed by atoms with Crippen LogP contribution in [0.3, 0.4) is 0 Å². The van der Waals surface area contributed by atoms with Crippen molar-refractivity contribution in [2.75, 3.05) is 33.1 Å². The molecule has 0 radical (unpaired) electrons. The highest BCUT2D eigenvalue weighted by Crippen LogP contribution is 2.19. The number of hydrogen-bond donors (Lipinski definition) is 0. The largest absolute Gasteiger partial charge is 0.497 e. The summed E-state index contributed by atoms with van der Waals surface area (Å²) in [5.74, 6) is 0.918. The number of carbonyl (C=O) groups is 1. The van der Waals surface area contributed by atoms with Crippen LogP contribution in [0.5, 0.6) is 5.75 Å². The van der Waals surface area contributed by atoms with E-state index >= 15 is 0 Å². The SMILES string of the molecule is COc1cccc(C[C@H]2CN(C(=O)c3ccc(SC)cc3)CCO2)c1. The van der Waals surface area contributed by atoms with Gasteiger partial charge in [0.05, 0.1) is 19.8 Å². The molecule has 25 heavy (non-hydrogen) atoms. The second-order valence-corrected chi connectivity index (χ2v) is 6.91. The number of nitrogens with zero attached hydrogens (tertiary/aromatic N) is 1. The standard InChI is InChI=1S/C20H23NO3S/c1-23-17-5-3-4-15(12-17)13-18-14-21(10-11-24-18)20(22)16-6-8-19(25-2)9-7-16/h3-9,12,18H,10-11,13-14H2,1-2H3/t18-/m0/s1. The van der Waals surface area contributed by atoms with Crippen LogP contribution in [0, 0.1) is 0 Å². The molecule has 0 saturated carbocycles. The van der Waals surface area contributed by atoms with Crippen molar-refractivity contribution in [2.24, 2.45) is 0 Å². The first-order valence-electron chi connectivity index (χ1n) is 8.37. The fraction of sp³-hybridized carbons (Fsp3) is 0.350. The monoisotopic (exact) mass is 357 g/mol. The molecule has 1 atom stereocenters. The summed E-state index contributed by atoms with van der Waals surface area (Å²) in [6, 6.07) is 15.8. The third-order valence-electron chi connectivity index (χ3n) is 4.36. The number of carbonyl (C=O) groups excluding carboxylic acids is 1. The maximum Gasteiger partial charge on any atom is 0.254 e. The number of rotatable bonds is 5. The molecular formula is C20H23NO3S. The average molecular weight is 357 g/mol. The Bertz CT molecular complexity index is 717. The Labute approximate surface area is 153 Å². The highest BCUT2D eigenvalue weighted by atomic mass is 32.2. The fourth-order valence-corrected chi connectivity index (χ4v) is 3.41. The minimum absolute atomic E-state index is 0.00952. The van der Waals surface area contributed by atoms with Crippen molar-refractivity contribution in [1.29, 1.82) is 0 Å². The Morgan fingerprint density at radius 3 is 2.80 bits per heavy atom. The normalized spacial score (nSPS) is 17.4. The summed E-state index contributed by atoms with van der Waals surface area (Å²) in [5, 5.41) is 0. The summed E-state index contributed by atoms with van der Waals surface area (Å²) in [5.41, 5.74) is 1.89. The molecular weight excluding hydrogens is 334 g/mol. The van der Waals surface area contributed by atoms with Gasteiger partial charge in [0.1, 0.15) is 5.75 Å². The highest BCUT2D eigenvalue weighted by Gasteiger charge is 2.25. The lowest BCUT2D eigenvalue weighted by Crippen LogP contribution is -2.46. The van der Waals surface area contributed by atoms with Crippen LogP contribution in [0.4, 0.5) is 0 Å². The molecule has 0 spiro atoms. The van der Waals surface area contributed by atoms with Crippen molar-refractivity contribution < 1.29 is 14.3 Å². The van der Waals surface area contributed by atoms with Gasteiger partial charge in [-0.3, -0.25) is 4.79 Å². The first-order chi connectivity index (χ1) is 12.2. The van der Waals surface area contributed by atoms with Crippen LogP contribution < -0.4 is 4.74 Å². The van der Waals surface area contributed by atoms with Gasteiger partial charge in [-0.05, 0) is 48.2 Å². The Balaban J connectivity index is 1.64. The number of hydrogen-bond acceptors (Lipinski definition) is 4. The van der Waals surface area contributed by atoms with Crippen molar-refractivity contribution in [3.05, 3.63) is 59.7 Å². The molecule has 5 heteroatoms. The van der Waals surface area contributed by atoms with E-state index in [1.807, 2.05) is 53.6 Å². The molecule has 0 bridgehead atoms. The molecule has 0 unspecified atom stereocenters. The van der Waals surface area contributed by atoms with Crippen LogP contribution in [0.2, 0.25) is 0 Å². The Hall–Kier alpha value is -1.98. The zero-order valence-corrected chi connectivity index (χ0v) is 15.4. The van der Waals surface area contributed by atoms with Gasteiger partial charge >= 0.3 is 0 Å². The third-order valence-corrected chi connectivity index (χ3v) is 5.10. The number of methoxy groups -OCH3 is 1. The molecule has 0 aliphatic carbocycles. The predicted molar refractivity (Wildman–Crippen MR) is 101 cm³/mol. The zero-order chi connectivity index (χ0) is 17.6. The molecule has 1 amide bonds. The molecule has 4 nitrogen and oxygen atoms in total. The van der Waals surface area contributed by atoms with Gasteiger partial charge in [-0.1, -0.05) is 12.1 Å². The maximum absolute atomic E-state index is 12.7. The minimum Gasteiger partial charge on any atom is -0.497 e. The molecule has 1 heterocycles. The molecule has 2 aromatic carbocycles. The molecule has 1 saturated heterocycles. The summed E-state index contributed by atoms with van der Waals surface area (Å²) in [6.07, 6.45) is 2.81. The van der Waals surface area contributed by atoms with Gasteiger partial charge in [0.2, 0.25) is 0 Å². The van der Waals surface area contributed by atoms with Gasteiger partial charge in [0, 0.05) is 30.0 Å². The maximum atomic E-state index is 12.7. The lowest BCUT2D eigenvalue weighted by molar-refractivity contribution is -0.0208. The number of thioether (sulfide) groups is 1. The van der Waals surface area contributed by atoms with E-state index in [4.69, 9.17) is 9.47 Å². The van der Waals surface area contributed by atoms with Crippen molar-refractivity contribution in [2.45, 2.75) is 17.4 Å². The van der Waals surface area contributed by atoms with E-state index in [1.54, 1.807) is 18.9 Å². The Morgan fingerprint density at radius 2 is 2.08 bits per heavy atom. The second-order valence-electron chi connectivity index (χ2n) is 6.03. The van der Waals surface area contributed by atoms with E-state index in [9.17, 15) is 4.79 Å². The summed E-state index contributed by atoms with van der Waals surface area (Å²) >= 11 is 1.67. The smallest absolute Gasteiger partial charge is 0.254 e. The molecule has 3 rings (SSSR count). The summed E-state index contributed by atoms with van der Waals surface area (Å²) < 4.78 is 11.1. The van der Waals surface area contributed by atoms with E-state index in [1.165, 1.54) is 0 Å². The summed E-state index contributed by atoms with van der Waals surface area (Å²) in [6.45, 7) is 1.82. The molecule has 2 aromatic rings. The van der Waals surface area contributed by atoms with Crippen LogP contribution >= 0.6 is 11.8 Å². The zero-order valence-electron chi connectivity index (χ0n) is 14.6. The topological polar surface area (TPSA) is 38.8 Å². The van der Waals surface area contributed by atoms with Crippen molar-refractivity contribution in [1.82, 2.24) is 4.90 Å². The third kappa shape index (κ3) is 4.55. The fourth-order valence-electron chi connectivity index (χ4n) is 3.01. The van der Waals surface area contributed by atoms with E-state index in [2.05, 4.69) is 6.07 Å². The van der Waals surface area contributed by atoms with Gasteiger partial charge in [-0.15, -0.1) is 11.8 Å². The molecule has 0 N–H and O–H groups in total. The summed E-state index contributed by atoms with van der Waals surface area (Å²) in [7, 11) is 1.67. The van der Waals surface area contributed by atoms with Gasteiger partial charge < -0.3 is 14.4 Å². The number of amides is 1. The van der Waals surface area contributed by atoms with Crippen LogP contribution in [0.1, 0.15) is 15.9 Å². The first kappa shape index (κ1) is 17.8. The molecule has 132 valence electrons. The quantitative estimate of drug-likeness (QED) is 0.768. The molecule has 1 aliphatic heterocycles. The molecule has 0 aromatic heterocycles. The van der Waals surface area contributed by atoms with Gasteiger partial charge in [-0.25, -0.2) is 0 Å². The summed E-state index contributed by atoms with van der Waals surface area (Å²) in [4.78, 5) is 15.8. The van der Waals surface area contributed by atoms with Crippen molar-refractivity contribution in [3.8, 4) is 5.75 Å². The molecule has 1 fully saturated rings. The van der Waals surface area contributed by atoms with Crippen LogP contribution in [0.15, 0.2) is 53.4 Å². The van der Waals surface area contributed by atoms with E-state index in [0.29, 0.717) is 19.7 Å². The Morgan fingerprint density at radius 1 is 1.28 bits per heavy atom. The number of benzene rings is 2. The van der Waals surface area contributed by atoms with Crippen molar-refractivity contribution >= 4 is 17.7 Å². The predicted octanol–water partition coefficient (Wildman–Crippen LogP) is 3.50. The highest BCUT2D eigenvalue weighted by molar-refractivity contribution is 7.98. The first-order valence-corrected chi connectivity index (χ1v) is 9.60. The van der Waals surface area contributed by atoms with Crippen LogP contribution in [-0.2, 0) is 11.2 Å². The van der Waals surface area contributed by atoms with Gasteiger partial charge in [0.25, 0.3) is 5.91 Å². The van der Waals surface area contributed by atoms with Gasteiger partial charge in [0.15, 0.2) is 0 Å². The number of ether oxygens (including phenoxy) is 2. The minimum atomic E-state index is 0.00952. The van der Waals surface area contributed by atoms with Gasteiger partial charge in [-0.2, -0.15) is 0 Å². The lowest BCUT2D eigenvalue weighted by Gasteiger charge is -2.33. The average Bonchev–Trinajstić information content (AvgIpc) is 2.68. The van der Waals surface area contributed by atoms with Crippen molar-refractivity contribution in [3.63, 3.8) is 0 Å². The van der Waals surface area contributed by atoms with Crippen LogP contribution in [-0.4, -0.2) is 50.0 Å². The second kappa shape index (κ2) is 8.41. The molecule has 1 aliphatic rings. The lowest BCUT2D eigenvalue weighted by atomic mass is 10.1. The van der Waals surface area contributed by atoms with E-state index < -0.39 is 0 Å². The van der Waals surface area contributed by atoms with E-state index in [0.717, 1.165) is 28.2 Å². The van der Waals surface area contributed by atoms with Crippen LogP contribution in [0.25, 0.3) is 0 Å². The van der Waals surface area contributed by atoms with E-state index in [-0.39, 0.29) is 12.0 Å². The Kier molecular flexibility index (Phi) is 6.00. The number of morpholine rings is 1.